The molecule has 0 unspecified atom stereocenters. The Kier molecular flexibility index (Phi) is 7.21. The van der Waals surface area contributed by atoms with Gasteiger partial charge in [0.25, 0.3) is 0 Å². The van der Waals surface area contributed by atoms with Gasteiger partial charge in [0.05, 0.1) is 13.2 Å². The number of likely N-dealkylation sites (N-methyl/N-ethyl adjacent to an activating group) is 1. The lowest BCUT2D eigenvalue weighted by Crippen LogP contribution is -2.43. The highest BCUT2D eigenvalue weighted by Crippen LogP contribution is 2.24. The third kappa shape index (κ3) is 4.61. The zero-order valence-electron chi connectivity index (χ0n) is 16.2. The Morgan fingerprint density at radius 1 is 1.20 bits per heavy atom. The molecule has 0 bridgehead atoms. The van der Waals surface area contributed by atoms with Crippen LogP contribution in [0.15, 0.2) is 0 Å². The summed E-state index contributed by atoms with van der Waals surface area (Å²) < 4.78 is 6.90. The second kappa shape index (κ2) is 8.69. The van der Waals surface area contributed by atoms with E-state index in [9.17, 15) is 14.4 Å². The van der Waals surface area contributed by atoms with E-state index in [0.717, 1.165) is 0 Å². The van der Waals surface area contributed by atoms with Crippen molar-refractivity contribution in [2.45, 2.75) is 54.1 Å². The summed E-state index contributed by atoms with van der Waals surface area (Å²) in [7, 11) is 1.57. The fourth-order valence-corrected chi connectivity index (χ4v) is 2.89. The summed E-state index contributed by atoms with van der Waals surface area (Å²) in [5, 5.41) is 2.75. The molecule has 0 saturated carbocycles. The van der Waals surface area contributed by atoms with Crippen molar-refractivity contribution in [3.63, 3.8) is 0 Å². The minimum atomic E-state index is -0.435. The first-order chi connectivity index (χ1) is 11.6. The Morgan fingerprint density at radius 2 is 1.80 bits per heavy atom. The van der Waals surface area contributed by atoms with Gasteiger partial charge in [-0.25, -0.2) is 9.59 Å². The van der Waals surface area contributed by atoms with Gasteiger partial charge in [-0.05, 0) is 47.1 Å². The van der Waals surface area contributed by atoms with E-state index in [0.29, 0.717) is 29.1 Å². The van der Waals surface area contributed by atoms with Gasteiger partial charge in [-0.2, -0.15) is 0 Å². The molecular weight excluding hydrogens is 322 g/mol. The lowest BCUT2D eigenvalue weighted by Gasteiger charge is -2.19. The summed E-state index contributed by atoms with van der Waals surface area (Å²) in [5.41, 5.74) is 2.19. The molecule has 7 heteroatoms. The van der Waals surface area contributed by atoms with Crippen LogP contribution in [-0.4, -0.2) is 53.5 Å². The van der Waals surface area contributed by atoms with E-state index in [1.807, 2.05) is 20.8 Å². The number of carbonyl (C=O) groups excluding carboxylic acids is 3. The number of urea groups is 1. The molecule has 1 aromatic rings. The van der Waals surface area contributed by atoms with E-state index in [1.54, 1.807) is 32.4 Å². The molecule has 2 amide bonds. The highest BCUT2D eigenvalue weighted by atomic mass is 16.5. The molecule has 1 rings (SSSR count). The van der Waals surface area contributed by atoms with Gasteiger partial charge in [0, 0.05) is 30.9 Å². The van der Waals surface area contributed by atoms with Gasteiger partial charge in [-0.3, -0.25) is 4.79 Å². The number of rotatable bonds is 7. The molecular formula is C18H29N3O4. The molecule has 0 aliphatic carbocycles. The third-order valence-corrected chi connectivity index (χ3v) is 3.97. The second-order valence-electron chi connectivity index (χ2n) is 6.28. The quantitative estimate of drug-likeness (QED) is 0.605. The molecule has 0 aliphatic heterocycles. The Hall–Kier alpha value is -2.31. The van der Waals surface area contributed by atoms with Crippen molar-refractivity contribution >= 4 is 17.8 Å². The average Bonchev–Trinajstić information content (AvgIpc) is 2.76. The van der Waals surface area contributed by atoms with Gasteiger partial charge in [-0.1, -0.05) is 0 Å². The number of hydrogen-bond acceptors (Lipinski definition) is 4. The molecule has 1 aromatic heterocycles. The molecule has 1 N–H and O–H groups in total. The first kappa shape index (κ1) is 20.7. The van der Waals surface area contributed by atoms with E-state index in [2.05, 4.69) is 5.32 Å². The monoisotopic (exact) mass is 351 g/mol. The number of ketones is 1. The van der Waals surface area contributed by atoms with Gasteiger partial charge in [0.2, 0.25) is 0 Å². The fraction of sp³-hybridized carbons (Fsp3) is 0.611. The van der Waals surface area contributed by atoms with Gasteiger partial charge in [-0.15, -0.1) is 0 Å². The average molecular weight is 351 g/mol. The summed E-state index contributed by atoms with van der Waals surface area (Å²) in [6, 6.07) is -0.315. The maximum Gasteiger partial charge on any atom is 0.355 e. The maximum absolute atomic E-state index is 12.8. The van der Waals surface area contributed by atoms with Crippen LogP contribution in [0.4, 0.5) is 4.79 Å². The van der Waals surface area contributed by atoms with Crippen LogP contribution in [0.1, 0.15) is 59.8 Å². The van der Waals surface area contributed by atoms with Crippen molar-refractivity contribution in [3.05, 3.63) is 22.5 Å². The molecule has 0 saturated heterocycles. The van der Waals surface area contributed by atoms with E-state index in [-0.39, 0.29) is 31.0 Å². The molecule has 140 valence electrons. The van der Waals surface area contributed by atoms with Crippen LogP contribution in [0.3, 0.4) is 0 Å². The number of esters is 1. The fourth-order valence-electron chi connectivity index (χ4n) is 2.89. The summed E-state index contributed by atoms with van der Waals surface area (Å²) in [4.78, 5) is 38.4. The first-order valence-corrected chi connectivity index (χ1v) is 8.57. The molecule has 0 spiro atoms. The molecule has 0 aromatic carbocycles. The Bertz CT molecular complexity index is 662. The highest BCUT2D eigenvalue weighted by molar-refractivity contribution is 6.04. The summed E-state index contributed by atoms with van der Waals surface area (Å²) in [5.74, 6) is -0.635. The van der Waals surface area contributed by atoms with Crippen LogP contribution in [-0.2, 0) is 11.3 Å². The van der Waals surface area contributed by atoms with Crippen LogP contribution in [0.5, 0.6) is 0 Å². The van der Waals surface area contributed by atoms with Crippen LogP contribution < -0.4 is 5.32 Å². The molecule has 25 heavy (non-hydrogen) atoms. The molecule has 0 aliphatic rings. The van der Waals surface area contributed by atoms with Crippen molar-refractivity contribution in [2.75, 3.05) is 20.2 Å². The number of aromatic nitrogens is 1. The normalized spacial score (nSPS) is 10.7. The molecule has 0 fully saturated rings. The largest absolute Gasteiger partial charge is 0.461 e. The van der Waals surface area contributed by atoms with Gasteiger partial charge in [0.15, 0.2) is 5.78 Å². The lowest BCUT2D eigenvalue weighted by molar-refractivity contribution is 0.0512. The van der Waals surface area contributed by atoms with Crippen molar-refractivity contribution in [1.82, 2.24) is 14.8 Å². The number of nitrogens with one attached hydrogen (secondary N) is 1. The molecule has 0 atom stereocenters. The number of hydrogen-bond donors (Lipinski definition) is 1. The van der Waals surface area contributed by atoms with E-state index in [1.165, 1.54) is 4.90 Å². The minimum Gasteiger partial charge on any atom is -0.461 e. The van der Waals surface area contributed by atoms with E-state index < -0.39 is 5.97 Å². The first-order valence-electron chi connectivity index (χ1n) is 8.57. The standard InChI is InChI=1S/C18H29N3O4/c1-8-21-13(6)15(12(5)16(21)17(23)25-9-2)14(22)10-20(7)18(24)19-11(3)4/h11H,8-10H2,1-7H3,(H,19,24). The number of carbonyl (C=O) groups is 3. The number of amides is 2. The second-order valence-corrected chi connectivity index (χ2v) is 6.28. The summed E-state index contributed by atoms with van der Waals surface area (Å²) in [6.07, 6.45) is 0. The van der Waals surface area contributed by atoms with Crippen LogP contribution in [0.25, 0.3) is 0 Å². The third-order valence-electron chi connectivity index (χ3n) is 3.97. The topological polar surface area (TPSA) is 80.6 Å². The Balaban J connectivity index is 3.14. The molecule has 0 radical (unpaired) electrons. The lowest BCUT2D eigenvalue weighted by atomic mass is 10.1. The Labute approximate surface area is 149 Å². The number of Topliss-reactive ketones (excluding diaryl/α,β-unsaturated/α-hetero) is 1. The van der Waals surface area contributed by atoms with Crippen LogP contribution in [0.2, 0.25) is 0 Å². The smallest absolute Gasteiger partial charge is 0.355 e. The van der Waals surface area contributed by atoms with Crippen molar-refractivity contribution in [3.8, 4) is 0 Å². The molecule has 7 nitrogen and oxygen atoms in total. The predicted octanol–water partition coefficient (Wildman–Crippen LogP) is 2.53. The van der Waals surface area contributed by atoms with Crippen molar-refractivity contribution < 1.29 is 19.1 Å². The van der Waals surface area contributed by atoms with Gasteiger partial charge < -0.3 is 19.5 Å². The summed E-state index contributed by atoms with van der Waals surface area (Å²) in [6.45, 7) is 11.7. The van der Waals surface area contributed by atoms with Crippen molar-refractivity contribution in [1.29, 1.82) is 0 Å². The minimum absolute atomic E-state index is 0.00915. The van der Waals surface area contributed by atoms with Crippen LogP contribution in [0, 0.1) is 13.8 Å². The maximum atomic E-state index is 12.8. The van der Waals surface area contributed by atoms with E-state index >= 15 is 0 Å². The van der Waals surface area contributed by atoms with Gasteiger partial charge in [0.1, 0.15) is 5.69 Å². The SMILES string of the molecule is CCOC(=O)c1c(C)c(C(=O)CN(C)C(=O)NC(C)C)c(C)n1CC. The number of ether oxygens (including phenoxy) is 1. The zero-order chi connectivity index (χ0) is 19.3. The van der Waals surface area contributed by atoms with Crippen molar-refractivity contribution in [2.24, 2.45) is 0 Å². The highest BCUT2D eigenvalue weighted by Gasteiger charge is 2.27. The Morgan fingerprint density at radius 3 is 2.28 bits per heavy atom. The summed E-state index contributed by atoms with van der Waals surface area (Å²) >= 11 is 0. The van der Waals surface area contributed by atoms with E-state index in [4.69, 9.17) is 4.74 Å². The number of nitrogens with zero attached hydrogens (tertiary/aromatic N) is 2. The predicted molar refractivity (Wildman–Crippen MR) is 96.2 cm³/mol. The van der Waals surface area contributed by atoms with Gasteiger partial charge >= 0.3 is 12.0 Å². The zero-order valence-corrected chi connectivity index (χ0v) is 16.2. The molecule has 1 heterocycles. The van der Waals surface area contributed by atoms with Crippen LogP contribution >= 0.6 is 0 Å².